The second kappa shape index (κ2) is 4.92. The molecule has 2 heterocycles. The number of fused-ring (bicyclic) bond motifs is 1. The maximum Gasteiger partial charge on any atom is 0.295 e. The maximum absolute atomic E-state index is 12.0. The molecule has 1 aliphatic heterocycles. The van der Waals surface area contributed by atoms with E-state index in [0.717, 1.165) is 5.56 Å². The molecule has 4 N–H and O–H groups in total. The average molecular weight is 298 g/mol. The van der Waals surface area contributed by atoms with Gasteiger partial charge < -0.3 is 15.5 Å². The van der Waals surface area contributed by atoms with Gasteiger partial charge in [0.1, 0.15) is 11.6 Å². The van der Waals surface area contributed by atoms with Crippen LogP contribution >= 0.6 is 12.2 Å². The first-order valence-electron chi connectivity index (χ1n) is 6.11. The number of nitrogens with two attached hydrogens (primary N) is 1. The summed E-state index contributed by atoms with van der Waals surface area (Å²) in [5.41, 5.74) is 6.79. The summed E-state index contributed by atoms with van der Waals surface area (Å²) in [7, 11) is 0. The summed E-state index contributed by atoms with van der Waals surface area (Å²) in [6, 6.07) is 11.3. The number of H-pyrrole nitrogens is 2. The van der Waals surface area contributed by atoms with E-state index in [1.807, 2.05) is 36.4 Å². The minimum absolute atomic E-state index is 0.0361. The first kappa shape index (κ1) is 13.1. The van der Waals surface area contributed by atoms with Crippen molar-refractivity contribution >= 4 is 12.2 Å². The van der Waals surface area contributed by atoms with Crippen molar-refractivity contribution in [2.75, 3.05) is 0 Å². The second-order valence-corrected chi connectivity index (χ2v) is 4.89. The fraction of sp³-hybridized carbons (Fsp3) is 0.0714. The third-order valence-corrected chi connectivity index (χ3v) is 3.44. The van der Waals surface area contributed by atoms with Gasteiger partial charge in [-0.05, 0) is 17.8 Å². The van der Waals surface area contributed by atoms with Crippen LogP contribution in [0, 0.1) is 16.1 Å². The Balaban J connectivity index is 2.34. The monoisotopic (exact) mass is 298 g/mol. The molecule has 3 rings (SSSR count). The molecule has 0 saturated carbocycles. The van der Waals surface area contributed by atoms with Gasteiger partial charge in [-0.3, -0.25) is 9.78 Å². The molecular weight excluding hydrogens is 288 g/mol. The highest BCUT2D eigenvalue weighted by Gasteiger charge is 2.32. The molecule has 2 aromatic rings. The van der Waals surface area contributed by atoms with E-state index >= 15 is 0 Å². The van der Waals surface area contributed by atoms with Crippen LogP contribution in [0.2, 0.25) is 0 Å². The number of nitriles is 1. The highest BCUT2D eigenvalue weighted by Crippen LogP contribution is 2.38. The second-order valence-electron chi connectivity index (χ2n) is 4.49. The van der Waals surface area contributed by atoms with Gasteiger partial charge in [-0.15, -0.1) is 0 Å². The summed E-state index contributed by atoms with van der Waals surface area (Å²) >= 11 is 5.00. The normalized spacial score (nSPS) is 16.8. The molecule has 1 aliphatic rings. The van der Waals surface area contributed by atoms with E-state index in [0.29, 0.717) is 5.69 Å². The van der Waals surface area contributed by atoms with E-state index in [4.69, 9.17) is 22.7 Å². The first-order chi connectivity index (χ1) is 10.1. The van der Waals surface area contributed by atoms with Crippen LogP contribution in [0.15, 0.2) is 46.6 Å². The lowest BCUT2D eigenvalue weighted by atomic mass is 9.87. The summed E-state index contributed by atoms with van der Waals surface area (Å²) in [5.74, 6) is -0.548. The molecule has 0 fully saturated rings. The van der Waals surface area contributed by atoms with Gasteiger partial charge >= 0.3 is 0 Å². The van der Waals surface area contributed by atoms with Gasteiger partial charge in [-0.1, -0.05) is 30.3 Å². The third-order valence-electron chi connectivity index (χ3n) is 3.23. The number of allylic oxidation sites excluding steroid dienone is 1. The van der Waals surface area contributed by atoms with Crippen LogP contribution in [0.1, 0.15) is 17.2 Å². The van der Waals surface area contributed by atoms with E-state index in [2.05, 4.69) is 9.97 Å². The number of hydrogen-bond acceptors (Lipinski definition) is 5. The Bertz CT molecular complexity index is 890. The summed E-state index contributed by atoms with van der Waals surface area (Å²) in [4.78, 5) is 17.3. The number of ether oxygens (including phenoxy) is 1. The smallest absolute Gasteiger partial charge is 0.295 e. The minimum atomic E-state index is -0.510. The highest BCUT2D eigenvalue weighted by molar-refractivity contribution is 7.71. The number of nitrogens with zero attached hydrogens (tertiary/aromatic N) is 1. The van der Waals surface area contributed by atoms with Crippen LogP contribution in [0.3, 0.4) is 0 Å². The molecule has 1 aromatic carbocycles. The Labute approximate surface area is 124 Å². The van der Waals surface area contributed by atoms with Gasteiger partial charge in [-0.2, -0.15) is 5.26 Å². The summed E-state index contributed by atoms with van der Waals surface area (Å²) in [6.07, 6.45) is 0. The molecule has 0 spiro atoms. The van der Waals surface area contributed by atoms with Crippen LogP contribution < -0.4 is 16.0 Å². The molecule has 0 amide bonds. The quantitative estimate of drug-likeness (QED) is 0.694. The van der Waals surface area contributed by atoms with Gasteiger partial charge in [0.15, 0.2) is 4.77 Å². The first-order valence-corrected chi connectivity index (χ1v) is 6.51. The zero-order valence-electron chi connectivity index (χ0n) is 10.7. The van der Waals surface area contributed by atoms with E-state index in [1.54, 1.807) is 0 Å². The number of benzene rings is 1. The van der Waals surface area contributed by atoms with Crippen molar-refractivity contribution < 1.29 is 4.74 Å². The molecule has 6 nitrogen and oxygen atoms in total. The number of hydrogen-bond donors (Lipinski definition) is 3. The minimum Gasteiger partial charge on any atom is -0.433 e. The van der Waals surface area contributed by atoms with Crippen molar-refractivity contribution in [2.45, 2.75) is 5.92 Å². The SMILES string of the molecule is N#CC1=C(N)Oc2c([nH]c(=S)[nH]c2=O)C1c1ccccc1. The highest BCUT2D eigenvalue weighted by atomic mass is 32.1. The predicted octanol–water partition coefficient (Wildman–Crippen LogP) is 1.65. The van der Waals surface area contributed by atoms with Crippen molar-refractivity contribution in [3.8, 4) is 11.8 Å². The van der Waals surface area contributed by atoms with Crippen molar-refractivity contribution in [3.05, 3.63) is 68.2 Å². The van der Waals surface area contributed by atoms with Gasteiger partial charge in [0.2, 0.25) is 11.6 Å². The van der Waals surface area contributed by atoms with Gasteiger partial charge in [-0.25, -0.2) is 0 Å². The molecule has 104 valence electrons. The number of nitrogens with one attached hydrogen (secondary N) is 2. The largest absolute Gasteiger partial charge is 0.433 e. The van der Waals surface area contributed by atoms with Crippen molar-refractivity contribution in [1.82, 2.24) is 9.97 Å². The lowest BCUT2D eigenvalue weighted by Crippen LogP contribution is -2.27. The predicted molar refractivity (Wildman–Crippen MR) is 78.0 cm³/mol. The van der Waals surface area contributed by atoms with Crippen LogP contribution in [-0.2, 0) is 0 Å². The topological polar surface area (TPSA) is 108 Å². The Morgan fingerprint density at radius 2 is 2.00 bits per heavy atom. The summed E-state index contributed by atoms with van der Waals surface area (Å²) < 4.78 is 5.45. The number of aromatic nitrogens is 2. The molecule has 0 aliphatic carbocycles. The van der Waals surface area contributed by atoms with Crippen LogP contribution in [0.4, 0.5) is 0 Å². The summed E-state index contributed by atoms with van der Waals surface area (Å²) in [6.45, 7) is 0. The molecular formula is C14H10N4O2S. The maximum atomic E-state index is 12.0. The average Bonchev–Trinajstić information content (AvgIpc) is 2.48. The number of rotatable bonds is 1. The Morgan fingerprint density at radius 3 is 2.67 bits per heavy atom. The van der Waals surface area contributed by atoms with Gasteiger partial charge in [0.25, 0.3) is 5.56 Å². The third kappa shape index (κ3) is 2.11. The van der Waals surface area contributed by atoms with Gasteiger partial charge in [0.05, 0.1) is 11.6 Å². The fourth-order valence-corrected chi connectivity index (χ4v) is 2.55. The Morgan fingerprint density at radius 1 is 1.29 bits per heavy atom. The molecule has 1 atom stereocenters. The number of aromatic amines is 2. The Hall–Kier alpha value is -2.85. The molecule has 1 aromatic heterocycles. The zero-order chi connectivity index (χ0) is 15.0. The van der Waals surface area contributed by atoms with Gasteiger partial charge in [0, 0.05) is 0 Å². The molecule has 1 unspecified atom stereocenters. The molecule has 0 radical (unpaired) electrons. The summed E-state index contributed by atoms with van der Waals surface area (Å²) in [5, 5.41) is 9.36. The standard InChI is InChI=1S/C14H10N4O2S/c15-6-8-9(7-4-2-1-3-5-7)10-11(20-12(8)16)13(19)18-14(21)17-10/h1-5,9H,16H2,(H2,17,18,19,21). The lowest BCUT2D eigenvalue weighted by molar-refractivity contribution is 0.382. The van der Waals surface area contributed by atoms with Crippen LogP contribution in [-0.4, -0.2) is 9.97 Å². The molecule has 0 bridgehead atoms. The lowest BCUT2D eigenvalue weighted by Gasteiger charge is -2.25. The van der Waals surface area contributed by atoms with E-state index in [9.17, 15) is 10.1 Å². The zero-order valence-corrected chi connectivity index (χ0v) is 11.5. The molecule has 0 saturated heterocycles. The van der Waals surface area contributed by atoms with E-state index < -0.39 is 11.5 Å². The van der Waals surface area contributed by atoms with E-state index in [-0.39, 0.29) is 22.0 Å². The fourth-order valence-electron chi connectivity index (χ4n) is 2.35. The van der Waals surface area contributed by atoms with E-state index in [1.165, 1.54) is 0 Å². The van der Waals surface area contributed by atoms with Crippen LogP contribution in [0.5, 0.6) is 5.75 Å². The molecule has 7 heteroatoms. The van der Waals surface area contributed by atoms with Crippen LogP contribution in [0.25, 0.3) is 0 Å². The Kier molecular flexibility index (Phi) is 3.08. The molecule has 21 heavy (non-hydrogen) atoms. The van der Waals surface area contributed by atoms with Crippen molar-refractivity contribution in [3.63, 3.8) is 0 Å². The van der Waals surface area contributed by atoms with Crippen molar-refractivity contribution in [1.29, 1.82) is 5.26 Å². The van der Waals surface area contributed by atoms with Crippen molar-refractivity contribution in [2.24, 2.45) is 5.73 Å².